The van der Waals surface area contributed by atoms with Gasteiger partial charge in [-0.3, -0.25) is 9.59 Å². The fourth-order valence-corrected chi connectivity index (χ4v) is 4.73. The monoisotopic (exact) mass is 433 g/mol. The van der Waals surface area contributed by atoms with E-state index in [1.54, 1.807) is 0 Å². The van der Waals surface area contributed by atoms with E-state index in [2.05, 4.69) is 25.7 Å². The fraction of sp³-hybridized carbons (Fsp3) is 0.407. The smallest absolute Gasteiger partial charge is 0.313 e. The van der Waals surface area contributed by atoms with Crippen LogP contribution in [0, 0.1) is 17.3 Å². The molecule has 1 amide bonds. The molecule has 2 unspecified atom stereocenters. The number of ether oxygens (including phenoxy) is 2. The number of allylic oxidation sites excluding steroid dienone is 1. The van der Waals surface area contributed by atoms with Crippen molar-refractivity contribution in [2.24, 2.45) is 17.3 Å². The zero-order valence-corrected chi connectivity index (χ0v) is 18.9. The van der Waals surface area contributed by atoms with Crippen molar-refractivity contribution in [2.45, 2.75) is 39.5 Å². The molecule has 2 aliphatic rings. The molecule has 0 bridgehead atoms. The van der Waals surface area contributed by atoms with E-state index in [0.717, 1.165) is 34.6 Å². The van der Waals surface area contributed by atoms with Crippen LogP contribution in [0.25, 0.3) is 0 Å². The maximum atomic E-state index is 12.5. The third kappa shape index (κ3) is 4.87. The number of anilines is 1. The van der Waals surface area contributed by atoms with E-state index in [9.17, 15) is 9.59 Å². The Balaban J connectivity index is 1.35. The number of esters is 1. The molecular formula is C27H31NO4. The quantitative estimate of drug-likeness (QED) is 0.472. The van der Waals surface area contributed by atoms with Crippen LogP contribution in [0.2, 0.25) is 0 Å². The summed E-state index contributed by atoms with van der Waals surface area (Å²) in [6.45, 7) is 9.45. The Morgan fingerprint density at radius 2 is 2.00 bits per heavy atom. The van der Waals surface area contributed by atoms with Crippen LogP contribution in [-0.2, 0) is 27.2 Å². The average molecular weight is 434 g/mol. The van der Waals surface area contributed by atoms with Crippen molar-refractivity contribution >= 4 is 17.6 Å². The molecule has 2 aromatic rings. The molecule has 168 valence electrons. The second-order valence-corrected chi connectivity index (χ2v) is 9.53. The van der Waals surface area contributed by atoms with Gasteiger partial charge in [0.15, 0.2) is 0 Å². The summed E-state index contributed by atoms with van der Waals surface area (Å²) < 4.78 is 11.1. The molecule has 32 heavy (non-hydrogen) atoms. The van der Waals surface area contributed by atoms with Crippen molar-refractivity contribution in [3.63, 3.8) is 0 Å². The van der Waals surface area contributed by atoms with Crippen LogP contribution in [0.5, 0.6) is 5.75 Å². The highest BCUT2D eigenvalue weighted by atomic mass is 16.5. The first-order valence-electron chi connectivity index (χ1n) is 11.3. The molecule has 1 N–H and O–H groups in total. The van der Waals surface area contributed by atoms with Crippen molar-refractivity contribution < 1.29 is 19.1 Å². The minimum Gasteiger partial charge on any atom is -0.493 e. The van der Waals surface area contributed by atoms with Gasteiger partial charge in [-0.1, -0.05) is 50.3 Å². The highest BCUT2D eigenvalue weighted by Gasteiger charge is 2.55. The summed E-state index contributed by atoms with van der Waals surface area (Å²) in [5.41, 5.74) is 3.38. The summed E-state index contributed by atoms with van der Waals surface area (Å²) in [5.74, 6) is 1.28. The molecule has 2 atom stereocenters. The third-order valence-corrected chi connectivity index (χ3v) is 6.31. The van der Waals surface area contributed by atoms with Gasteiger partial charge in [0, 0.05) is 11.6 Å². The zero-order valence-electron chi connectivity index (χ0n) is 18.9. The first-order valence-corrected chi connectivity index (χ1v) is 11.3. The normalized spacial score (nSPS) is 22.0. The molecule has 5 heteroatoms. The lowest BCUT2D eigenvalue weighted by Crippen LogP contribution is -2.31. The van der Waals surface area contributed by atoms with Crippen molar-refractivity contribution in [1.29, 1.82) is 0 Å². The van der Waals surface area contributed by atoms with Gasteiger partial charge in [-0.15, -0.1) is 0 Å². The predicted octanol–water partition coefficient (Wildman–Crippen LogP) is 4.95. The number of nitrogens with one attached hydrogen (secondary N) is 1. The fourth-order valence-electron chi connectivity index (χ4n) is 4.73. The third-order valence-electron chi connectivity index (χ3n) is 6.31. The number of hydrogen-bond acceptors (Lipinski definition) is 4. The van der Waals surface area contributed by atoms with E-state index in [0.29, 0.717) is 32.0 Å². The van der Waals surface area contributed by atoms with Gasteiger partial charge in [0.1, 0.15) is 5.75 Å². The highest BCUT2D eigenvalue weighted by molar-refractivity contribution is 5.92. The van der Waals surface area contributed by atoms with E-state index in [1.165, 1.54) is 0 Å². The standard InChI is InChI=1S/C27H31NO4/c1-18(2)16-31-24-6-4-5-21(12-24)13-25(29)28-23-9-7-20(8-10-23)15-27-14-19(3)11-22(27)17-32-26(27)30/h4-10,12,18,22H,3,11,13-17H2,1-2H3,(H,28,29). The molecule has 2 aromatic carbocycles. The lowest BCUT2D eigenvalue weighted by molar-refractivity contribution is -0.146. The maximum Gasteiger partial charge on any atom is 0.313 e. The average Bonchev–Trinajstić information content (AvgIpc) is 3.22. The molecule has 0 radical (unpaired) electrons. The minimum atomic E-state index is -0.468. The van der Waals surface area contributed by atoms with E-state index in [4.69, 9.17) is 9.47 Å². The number of rotatable bonds is 8. The van der Waals surface area contributed by atoms with Crippen molar-refractivity contribution in [3.8, 4) is 5.75 Å². The number of carbonyl (C=O) groups excluding carboxylic acids is 2. The maximum absolute atomic E-state index is 12.5. The van der Waals surface area contributed by atoms with Gasteiger partial charge in [0.05, 0.1) is 25.0 Å². The Hall–Kier alpha value is -3.08. The number of amides is 1. The summed E-state index contributed by atoms with van der Waals surface area (Å²) in [6, 6.07) is 15.4. The summed E-state index contributed by atoms with van der Waals surface area (Å²) in [4.78, 5) is 25.0. The van der Waals surface area contributed by atoms with Crippen LogP contribution in [0.15, 0.2) is 60.7 Å². The summed E-state index contributed by atoms with van der Waals surface area (Å²) >= 11 is 0. The van der Waals surface area contributed by atoms with Crippen molar-refractivity contribution in [2.75, 3.05) is 18.5 Å². The molecule has 1 saturated carbocycles. The second-order valence-electron chi connectivity index (χ2n) is 9.53. The largest absolute Gasteiger partial charge is 0.493 e. The summed E-state index contributed by atoms with van der Waals surface area (Å²) in [5, 5.41) is 2.96. The number of cyclic esters (lactones) is 1. The SMILES string of the molecule is C=C1CC2COC(=O)C2(Cc2ccc(NC(=O)Cc3cccc(OCC(C)C)c3)cc2)C1. The zero-order chi connectivity index (χ0) is 22.7. The molecule has 0 spiro atoms. The van der Waals surface area contributed by atoms with E-state index < -0.39 is 5.41 Å². The number of carbonyl (C=O) groups is 2. The van der Waals surface area contributed by atoms with Crippen LogP contribution < -0.4 is 10.1 Å². The Bertz CT molecular complexity index is 1010. The van der Waals surface area contributed by atoms with E-state index in [-0.39, 0.29) is 24.2 Å². The van der Waals surface area contributed by atoms with Crippen LogP contribution >= 0.6 is 0 Å². The van der Waals surface area contributed by atoms with Crippen molar-refractivity contribution in [3.05, 3.63) is 71.8 Å². The van der Waals surface area contributed by atoms with Crippen LogP contribution in [0.3, 0.4) is 0 Å². The summed E-state index contributed by atoms with van der Waals surface area (Å²) in [7, 11) is 0. The lowest BCUT2D eigenvalue weighted by atomic mass is 9.75. The van der Waals surface area contributed by atoms with E-state index >= 15 is 0 Å². The molecule has 1 aliphatic heterocycles. The molecule has 2 fully saturated rings. The van der Waals surface area contributed by atoms with Gasteiger partial charge < -0.3 is 14.8 Å². The van der Waals surface area contributed by atoms with Gasteiger partial charge >= 0.3 is 5.97 Å². The molecule has 4 rings (SSSR count). The van der Waals surface area contributed by atoms with Crippen LogP contribution in [0.1, 0.15) is 37.8 Å². The lowest BCUT2D eigenvalue weighted by Gasteiger charge is -2.24. The summed E-state index contributed by atoms with van der Waals surface area (Å²) in [6.07, 6.45) is 2.49. The van der Waals surface area contributed by atoms with Crippen molar-refractivity contribution in [1.82, 2.24) is 0 Å². The molecule has 0 aromatic heterocycles. The van der Waals surface area contributed by atoms with Gasteiger partial charge in [0.2, 0.25) is 5.91 Å². The van der Waals surface area contributed by atoms with Crippen LogP contribution in [0.4, 0.5) is 5.69 Å². The highest BCUT2D eigenvalue weighted by Crippen LogP contribution is 2.52. The topological polar surface area (TPSA) is 64.6 Å². The van der Waals surface area contributed by atoms with Gasteiger partial charge in [0.25, 0.3) is 0 Å². The number of benzene rings is 2. The Labute approximate surface area is 189 Å². The molecule has 5 nitrogen and oxygen atoms in total. The first-order chi connectivity index (χ1) is 15.3. The van der Waals surface area contributed by atoms with E-state index in [1.807, 2.05) is 48.5 Å². The molecule has 1 heterocycles. The van der Waals surface area contributed by atoms with Gasteiger partial charge in [-0.05, 0) is 60.6 Å². The van der Waals surface area contributed by atoms with Crippen LogP contribution in [-0.4, -0.2) is 25.1 Å². The molecule has 1 aliphatic carbocycles. The first kappa shape index (κ1) is 22.1. The Morgan fingerprint density at radius 1 is 1.22 bits per heavy atom. The number of fused-ring (bicyclic) bond motifs is 1. The molecule has 1 saturated heterocycles. The van der Waals surface area contributed by atoms with Gasteiger partial charge in [-0.25, -0.2) is 0 Å². The molecular weight excluding hydrogens is 402 g/mol. The van der Waals surface area contributed by atoms with Gasteiger partial charge in [-0.2, -0.15) is 0 Å². The number of hydrogen-bond donors (Lipinski definition) is 1. The second kappa shape index (κ2) is 9.19. The predicted molar refractivity (Wildman–Crippen MR) is 125 cm³/mol. The minimum absolute atomic E-state index is 0.0797. The Morgan fingerprint density at radius 3 is 2.75 bits per heavy atom. The Kier molecular flexibility index (Phi) is 6.35.